The van der Waals surface area contributed by atoms with Gasteiger partial charge in [0.25, 0.3) is 5.91 Å². The average molecular weight is 489 g/mol. The maximum Gasteiger partial charge on any atom is 0.416 e. The van der Waals surface area contributed by atoms with Gasteiger partial charge in [0.1, 0.15) is 17.3 Å². The van der Waals surface area contributed by atoms with Crippen LogP contribution in [0.1, 0.15) is 15.9 Å². The van der Waals surface area contributed by atoms with Crippen molar-refractivity contribution < 1.29 is 35.5 Å². The largest absolute Gasteiger partial charge is 0.455 e. The number of halogens is 5. The normalized spacial score (nSPS) is 11.8. The van der Waals surface area contributed by atoms with Crippen molar-refractivity contribution in [2.24, 2.45) is 5.14 Å². The number of nitrogens with two attached hydrogens (primary N) is 1. The molecule has 0 aliphatic carbocycles. The summed E-state index contributed by atoms with van der Waals surface area (Å²) in [5, 5.41) is 7.18. The molecule has 3 aromatic carbocycles. The van der Waals surface area contributed by atoms with Crippen LogP contribution in [-0.4, -0.2) is 14.3 Å². The molecule has 0 saturated heterocycles. The Bertz CT molecular complexity index is 1300. The maximum absolute atomic E-state index is 13.3. The van der Waals surface area contributed by atoms with Crippen LogP contribution >= 0.6 is 11.6 Å². The van der Waals surface area contributed by atoms with E-state index in [0.29, 0.717) is 12.1 Å². The Labute approximate surface area is 184 Å². The van der Waals surface area contributed by atoms with Crippen molar-refractivity contribution in [3.8, 4) is 11.5 Å². The van der Waals surface area contributed by atoms with Crippen LogP contribution in [0.25, 0.3) is 0 Å². The van der Waals surface area contributed by atoms with E-state index in [1.165, 1.54) is 18.2 Å². The SMILES string of the molecule is NS(=O)(=O)c1cccc(NC(=O)c2cc(C(F)(F)F)ccc2Oc2ccc(F)cc2Cl)c1. The summed E-state index contributed by atoms with van der Waals surface area (Å²) in [6, 6.07) is 10.1. The van der Waals surface area contributed by atoms with Gasteiger partial charge in [0, 0.05) is 5.69 Å². The first kappa shape index (κ1) is 23.5. The fourth-order valence-electron chi connectivity index (χ4n) is 2.60. The predicted molar refractivity (Wildman–Crippen MR) is 109 cm³/mol. The zero-order valence-electron chi connectivity index (χ0n) is 15.8. The Morgan fingerprint density at radius 3 is 2.31 bits per heavy atom. The molecule has 12 heteroatoms. The van der Waals surface area contributed by atoms with Gasteiger partial charge in [-0.2, -0.15) is 13.2 Å². The standard InChI is InChI=1S/C20H13ClF4N2O4S/c21-16-9-12(22)5-7-18(16)31-17-6-4-11(20(23,24)25)8-15(17)19(28)27-13-2-1-3-14(10-13)32(26,29)30/h1-10H,(H,27,28)(H2,26,29,30). The molecule has 6 nitrogen and oxygen atoms in total. The number of ether oxygens (including phenoxy) is 1. The molecule has 0 fully saturated rings. The molecule has 168 valence electrons. The minimum Gasteiger partial charge on any atom is -0.455 e. The molecule has 32 heavy (non-hydrogen) atoms. The molecular weight excluding hydrogens is 476 g/mol. The lowest BCUT2D eigenvalue weighted by Crippen LogP contribution is -2.16. The van der Waals surface area contributed by atoms with E-state index in [-0.39, 0.29) is 27.1 Å². The number of hydrogen-bond donors (Lipinski definition) is 2. The summed E-state index contributed by atoms with van der Waals surface area (Å²) in [6.45, 7) is 0. The van der Waals surface area contributed by atoms with Gasteiger partial charge in [-0.1, -0.05) is 17.7 Å². The molecule has 3 aromatic rings. The van der Waals surface area contributed by atoms with Crippen molar-refractivity contribution in [2.45, 2.75) is 11.1 Å². The minimum atomic E-state index is -4.76. The number of carbonyl (C=O) groups is 1. The lowest BCUT2D eigenvalue weighted by Gasteiger charge is -2.15. The highest BCUT2D eigenvalue weighted by molar-refractivity contribution is 7.89. The molecule has 0 aliphatic heterocycles. The van der Waals surface area contributed by atoms with Crippen LogP contribution in [-0.2, 0) is 16.2 Å². The van der Waals surface area contributed by atoms with Crippen LogP contribution in [0.5, 0.6) is 11.5 Å². The van der Waals surface area contributed by atoms with Crippen LogP contribution < -0.4 is 15.2 Å². The average Bonchev–Trinajstić information content (AvgIpc) is 2.69. The van der Waals surface area contributed by atoms with Gasteiger partial charge in [0.2, 0.25) is 10.0 Å². The van der Waals surface area contributed by atoms with E-state index >= 15 is 0 Å². The van der Waals surface area contributed by atoms with Crippen LogP contribution in [0, 0.1) is 5.82 Å². The predicted octanol–water partition coefficient (Wildman–Crippen LogP) is 5.19. The molecule has 0 saturated carbocycles. The zero-order valence-corrected chi connectivity index (χ0v) is 17.4. The van der Waals surface area contributed by atoms with E-state index in [2.05, 4.69) is 5.32 Å². The summed E-state index contributed by atoms with van der Waals surface area (Å²) < 4.78 is 81.3. The number of amides is 1. The summed E-state index contributed by atoms with van der Waals surface area (Å²) in [5.74, 6) is -2.09. The van der Waals surface area contributed by atoms with Gasteiger partial charge in [-0.05, 0) is 54.6 Å². The minimum absolute atomic E-state index is 0.0373. The molecule has 0 spiro atoms. The Balaban J connectivity index is 2.01. The van der Waals surface area contributed by atoms with Crippen molar-refractivity contribution in [1.82, 2.24) is 0 Å². The van der Waals surface area contributed by atoms with E-state index in [1.54, 1.807) is 0 Å². The Hall–Kier alpha value is -3.15. The van der Waals surface area contributed by atoms with Crippen molar-refractivity contribution in [2.75, 3.05) is 5.32 Å². The van der Waals surface area contributed by atoms with Crippen molar-refractivity contribution in [1.29, 1.82) is 0 Å². The fraction of sp³-hybridized carbons (Fsp3) is 0.0500. The number of benzene rings is 3. The highest BCUT2D eigenvalue weighted by Gasteiger charge is 2.32. The Morgan fingerprint density at radius 2 is 1.69 bits per heavy atom. The number of anilines is 1. The third-order valence-electron chi connectivity index (χ3n) is 4.09. The first-order valence-electron chi connectivity index (χ1n) is 8.63. The number of nitrogens with one attached hydrogen (secondary N) is 1. The van der Waals surface area contributed by atoms with Gasteiger partial charge in [-0.25, -0.2) is 17.9 Å². The van der Waals surface area contributed by atoms with E-state index in [4.69, 9.17) is 21.5 Å². The molecular formula is C20H13ClF4N2O4S. The molecule has 1 amide bonds. The third-order valence-corrected chi connectivity index (χ3v) is 5.29. The highest BCUT2D eigenvalue weighted by Crippen LogP contribution is 2.36. The summed E-state index contributed by atoms with van der Waals surface area (Å²) in [6.07, 6.45) is -4.76. The van der Waals surface area contributed by atoms with Gasteiger partial charge >= 0.3 is 6.18 Å². The van der Waals surface area contributed by atoms with Crippen molar-refractivity contribution >= 4 is 33.2 Å². The molecule has 0 bridgehead atoms. The van der Waals surface area contributed by atoms with Crippen LogP contribution in [0.3, 0.4) is 0 Å². The smallest absolute Gasteiger partial charge is 0.416 e. The molecule has 0 aromatic heterocycles. The molecule has 3 N–H and O–H groups in total. The first-order chi connectivity index (χ1) is 14.8. The molecule has 3 rings (SSSR count). The van der Waals surface area contributed by atoms with Gasteiger partial charge in [0.05, 0.1) is 21.0 Å². The maximum atomic E-state index is 13.3. The van der Waals surface area contributed by atoms with Gasteiger partial charge in [0.15, 0.2) is 0 Å². The summed E-state index contributed by atoms with van der Waals surface area (Å²) in [7, 11) is -4.08. The van der Waals surface area contributed by atoms with E-state index in [0.717, 1.165) is 30.3 Å². The number of primary sulfonamides is 1. The quantitative estimate of drug-likeness (QED) is 0.483. The van der Waals surface area contributed by atoms with E-state index in [9.17, 15) is 30.8 Å². The van der Waals surface area contributed by atoms with E-state index < -0.39 is 39.1 Å². The lowest BCUT2D eigenvalue weighted by atomic mass is 10.1. The lowest BCUT2D eigenvalue weighted by molar-refractivity contribution is -0.137. The second-order valence-corrected chi connectivity index (χ2v) is 8.38. The van der Waals surface area contributed by atoms with Gasteiger partial charge in [-0.3, -0.25) is 4.79 Å². The number of carbonyl (C=O) groups excluding carboxylic acids is 1. The summed E-state index contributed by atoms with van der Waals surface area (Å²) in [4.78, 5) is 12.5. The van der Waals surface area contributed by atoms with Gasteiger partial charge in [-0.15, -0.1) is 0 Å². The van der Waals surface area contributed by atoms with Gasteiger partial charge < -0.3 is 10.1 Å². The number of alkyl halides is 3. The van der Waals surface area contributed by atoms with Crippen LogP contribution in [0.15, 0.2) is 65.6 Å². The topological polar surface area (TPSA) is 98.5 Å². The fourth-order valence-corrected chi connectivity index (χ4v) is 3.36. The van der Waals surface area contributed by atoms with Crippen LogP contribution in [0.2, 0.25) is 5.02 Å². The van der Waals surface area contributed by atoms with Crippen molar-refractivity contribution in [3.05, 3.63) is 82.6 Å². The molecule has 0 unspecified atom stereocenters. The molecule has 0 atom stereocenters. The second kappa shape index (κ2) is 8.77. The molecule has 0 radical (unpaired) electrons. The number of sulfonamides is 1. The monoisotopic (exact) mass is 488 g/mol. The second-order valence-electron chi connectivity index (χ2n) is 6.41. The first-order valence-corrected chi connectivity index (χ1v) is 10.6. The number of rotatable bonds is 5. The number of hydrogen-bond acceptors (Lipinski definition) is 4. The Kier molecular flexibility index (Phi) is 6.44. The summed E-state index contributed by atoms with van der Waals surface area (Å²) in [5.41, 5.74) is -1.69. The van der Waals surface area contributed by atoms with E-state index in [1.807, 2.05) is 0 Å². The highest BCUT2D eigenvalue weighted by atomic mass is 35.5. The zero-order chi connectivity index (χ0) is 23.7. The molecule has 0 heterocycles. The molecule has 0 aliphatic rings. The third kappa shape index (κ3) is 5.55. The van der Waals surface area contributed by atoms with Crippen molar-refractivity contribution in [3.63, 3.8) is 0 Å². The Morgan fingerprint density at radius 1 is 1.00 bits per heavy atom. The van der Waals surface area contributed by atoms with Crippen LogP contribution in [0.4, 0.5) is 23.2 Å². The summed E-state index contributed by atoms with van der Waals surface area (Å²) >= 11 is 5.89.